The fourth-order valence-corrected chi connectivity index (χ4v) is 3.63. The van der Waals surface area contributed by atoms with Crippen LogP contribution in [0.5, 0.6) is 5.75 Å². The van der Waals surface area contributed by atoms with Gasteiger partial charge in [0.2, 0.25) is 0 Å². The molecule has 0 unspecified atom stereocenters. The van der Waals surface area contributed by atoms with Gasteiger partial charge in [-0.25, -0.2) is 0 Å². The van der Waals surface area contributed by atoms with Gasteiger partial charge < -0.3 is 4.74 Å². The Kier molecular flexibility index (Phi) is 3.46. The third kappa shape index (κ3) is 2.60. The Morgan fingerprint density at radius 2 is 2.11 bits per heavy atom. The fraction of sp³-hybridized carbons (Fsp3) is 0.267. The fourth-order valence-electron chi connectivity index (χ4n) is 1.98. The van der Waals surface area contributed by atoms with Crippen molar-refractivity contribution in [3.05, 3.63) is 39.7 Å². The summed E-state index contributed by atoms with van der Waals surface area (Å²) in [6, 6.07) is 9.82. The summed E-state index contributed by atoms with van der Waals surface area (Å²) in [6.45, 7) is 0. The van der Waals surface area contributed by atoms with Crippen LogP contribution in [0.2, 0.25) is 0 Å². The largest absolute Gasteiger partial charge is 0.497 e. The van der Waals surface area contributed by atoms with Crippen molar-refractivity contribution in [2.45, 2.75) is 12.8 Å². The summed E-state index contributed by atoms with van der Waals surface area (Å²) in [4.78, 5) is 14.0. The zero-order valence-electron chi connectivity index (χ0n) is 10.5. The molecule has 1 aliphatic carbocycles. The molecule has 2 aromatic rings. The van der Waals surface area contributed by atoms with Crippen LogP contribution < -0.4 is 4.74 Å². The molecule has 2 nitrogen and oxygen atoms in total. The number of ketones is 1. The Labute approximate surface area is 124 Å². The van der Waals surface area contributed by atoms with Gasteiger partial charge >= 0.3 is 0 Å². The van der Waals surface area contributed by atoms with Crippen molar-refractivity contribution in [1.29, 1.82) is 0 Å². The highest BCUT2D eigenvalue weighted by atomic mass is 79.9. The summed E-state index contributed by atoms with van der Waals surface area (Å²) in [7, 11) is 1.66. The number of benzene rings is 1. The van der Waals surface area contributed by atoms with Gasteiger partial charge in [-0.15, -0.1) is 11.3 Å². The SMILES string of the molecule is COc1ccc(Br)c(-c2ccc(C(=O)C3CC3)s2)c1. The van der Waals surface area contributed by atoms with Crippen LogP contribution in [0.15, 0.2) is 34.8 Å². The highest BCUT2D eigenvalue weighted by Crippen LogP contribution is 2.39. The Hall–Kier alpha value is -1.13. The van der Waals surface area contributed by atoms with Crippen molar-refractivity contribution in [2.75, 3.05) is 7.11 Å². The maximum Gasteiger partial charge on any atom is 0.175 e. The first-order valence-electron chi connectivity index (χ1n) is 6.17. The van der Waals surface area contributed by atoms with E-state index in [9.17, 15) is 4.79 Å². The number of carbonyl (C=O) groups excluding carboxylic acids is 1. The van der Waals surface area contributed by atoms with Gasteiger partial charge in [0.15, 0.2) is 5.78 Å². The standard InChI is InChI=1S/C15H13BrO2S/c1-18-10-4-5-12(16)11(8-10)13-6-7-14(19-13)15(17)9-2-3-9/h4-9H,2-3H2,1H3. The molecule has 1 aliphatic rings. The molecule has 0 atom stereocenters. The third-order valence-corrected chi connectivity index (χ3v) is 5.06. The lowest BCUT2D eigenvalue weighted by molar-refractivity contribution is 0.0971. The molecule has 0 spiro atoms. The number of Topliss-reactive ketones (excluding diaryl/α,β-unsaturated/α-hetero) is 1. The molecule has 4 heteroatoms. The molecule has 0 aliphatic heterocycles. The predicted molar refractivity (Wildman–Crippen MR) is 81.1 cm³/mol. The van der Waals surface area contributed by atoms with Crippen molar-refractivity contribution in [3.8, 4) is 16.2 Å². The van der Waals surface area contributed by atoms with E-state index in [0.29, 0.717) is 5.78 Å². The second-order valence-electron chi connectivity index (χ2n) is 4.65. The van der Waals surface area contributed by atoms with Gasteiger partial charge in [0.05, 0.1) is 12.0 Å². The van der Waals surface area contributed by atoms with Gasteiger partial charge in [-0.3, -0.25) is 4.79 Å². The summed E-state index contributed by atoms with van der Waals surface area (Å²) < 4.78 is 6.27. The van der Waals surface area contributed by atoms with Crippen LogP contribution in [-0.2, 0) is 0 Å². The molecule has 98 valence electrons. The summed E-state index contributed by atoms with van der Waals surface area (Å²) in [6.07, 6.45) is 2.10. The lowest BCUT2D eigenvalue weighted by Crippen LogP contribution is -1.96. The average molecular weight is 337 g/mol. The number of ether oxygens (including phenoxy) is 1. The monoisotopic (exact) mass is 336 g/mol. The first-order valence-corrected chi connectivity index (χ1v) is 7.78. The minimum absolute atomic E-state index is 0.278. The quantitative estimate of drug-likeness (QED) is 0.751. The number of rotatable bonds is 4. The topological polar surface area (TPSA) is 26.3 Å². The highest BCUT2D eigenvalue weighted by molar-refractivity contribution is 9.10. The first kappa shape index (κ1) is 12.9. The average Bonchev–Trinajstić information content (AvgIpc) is 3.16. The number of hydrogen-bond donors (Lipinski definition) is 0. The summed E-state index contributed by atoms with van der Waals surface area (Å²) in [5.41, 5.74) is 1.07. The van der Waals surface area contributed by atoms with Crippen molar-refractivity contribution in [3.63, 3.8) is 0 Å². The van der Waals surface area contributed by atoms with E-state index in [2.05, 4.69) is 15.9 Å². The van der Waals surface area contributed by atoms with Crippen LogP contribution in [-0.4, -0.2) is 12.9 Å². The molecule has 1 aromatic heterocycles. The van der Waals surface area contributed by atoms with E-state index in [1.807, 2.05) is 30.3 Å². The third-order valence-electron chi connectivity index (χ3n) is 3.24. The molecule has 1 saturated carbocycles. The van der Waals surface area contributed by atoms with E-state index in [0.717, 1.165) is 38.4 Å². The zero-order chi connectivity index (χ0) is 13.4. The Balaban J connectivity index is 1.95. The predicted octanol–water partition coefficient (Wildman–Crippen LogP) is 4.78. The number of methoxy groups -OCH3 is 1. The van der Waals surface area contributed by atoms with Gasteiger partial charge in [-0.2, -0.15) is 0 Å². The Bertz CT molecular complexity index is 629. The summed E-state index contributed by atoms with van der Waals surface area (Å²) in [5.74, 6) is 1.40. The normalized spacial score (nSPS) is 14.4. The molecule has 0 amide bonds. The van der Waals surface area contributed by atoms with E-state index < -0.39 is 0 Å². The van der Waals surface area contributed by atoms with Gasteiger partial charge in [0, 0.05) is 20.8 Å². The minimum Gasteiger partial charge on any atom is -0.497 e. The van der Waals surface area contributed by atoms with Gasteiger partial charge in [0.1, 0.15) is 5.75 Å². The van der Waals surface area contributed by atoms with Gasteiger partial charge in [-0.1, -0.05) is 15.9 Å². The van der Waals surface area contributed by atoms with Crippen LogP contribution in [0.25, 0.3) is 10.4 Å². The van der Waals surface area contributed by atoms with Gasteiger partial charge in [-0.05, 0) is 43.2 Å². The number of hydrogen-bond acceptors (Lipinski definition) is 3. The first-order chi connectivity index (χ1) is 9.19. The lowest BCUT2D eigenvalue weighted by atomic mass is 10.1. The van der Waals surface area contributed by atoms with Crippen molar-refractivity contribution < 1.29 is 9.53 Å². The maximum atomic E-state index is 12.0. The smallest absolute Gasteiger partial charge is 0.175 e. The Morgan fingerprint density at radius 1 is 1.32 bits per heavy atom. The Morgan fingerprint density at radius 3 is 2.79 bits per heavy atom. The highest BCUT2D eigenvalue weighted by Gasteiger charge is 2.31. The second kappa shape index (κ2) is 5.10. The molecule has 0 N–H and O–H groups in total. The van der Waals surface area contributed by atoms with Crippen LogP contribution >= 0.6 is 27.3 Å². The van der Waals surface area contributed by atoms with Crippen molar-refractivity contribution in [2.24, 2.45) is 5.92 Å². The van der Waals surface area contributed by atoms with E-state index in [-0.39, 0.29) is 5.92 Å². The van der Waals surface area contributed by atoms with Gasteiger partial charge in [0.25, 0.3) is 0 Å². The molecular formula is C15H13BrO2S. The summed E-state index contributed by atoms with van der Waals surface area (Å²) in [5, 5.41) is 0. The van der Waals surface area contributed by atoms with Crippen LogP contribution in [0.3, 0.4) is 0 Å². The van der Waals surface area contributed by atoms with Crippen LogP contribution in [0.4, 0.5) is 0 Å². The molecule has 19 heavy (non-hydrogen) atoms. The zero-order valence-corrected chi connectivity index (χ0v) is 12.9. The molecule has 1 heterocycles. The molecule has 0 saturated heterocycles. The molecule has 1 fully saturated rings. The van der Waals surface area contributed by atoms with Crippen molar-refractivity contribution in [1.82, 2.24) is 0 Å². The van der Waals surface area contributed by atoms with E-state index in [1.165, 1.54) is 0 Å². The van der Waals surface area contributed by atoms with Crippen LogP contribution in [0.1, 0.15) is 22.5 Å². The number of halogens is 1. The second-order valence-corrected chi connectivity index (χ2v) is 6.59. The number of thiophene rings is 1. The van der Waals surface area contributed by atoms with Crippen LogP contribution in [0, 0.1) is 5.92 Å². The molecular weight excluding hydrogens is 324 g/mol. The molecule has 0 radical (unpaired) electrons. The molecule has 1 aromatic carbocycles. The molecule has 0 bridgehead atoms. The van der Waals surface area contributed by atoms with E-state index in [4.69, 9.17) is 4.74 Å². The summed E-state index contributed by atoms with van der Waals surface area (Å²) >= 11 is 5.11. The molecule has 3 rings (SSSR count). The van der Waals surface area contributed by atoms with E-state index in [1.54, 1.807) is 18.4 Å². The lowest BCUT2D eigenvalue weighted by Gasteiger charge is -2.05. The van der Waals surface area contributed by atoms with Crippen molar-refractivity contribution >= 4 is 33.0 Å². The maximum absolute atomic E-state index is 12.0. The number of carbonyl (C=O) groups is 1. The minimum atomic E-state index is 0.278. The van der Waals surface area contributed by atoms with E-state index >= 15 is 0 Å².